The van der Waals surface area contributed by atoms with Crippen molar-refractivity contribution in [2.75, 3.05) is 6.61 Å². The lowest BCUT2D eigenvalue weighted by molar-refractivity contribution is -0.119. The number of rotatable bonds is 4. The third kappa shape index (κ3) is 9.44. The normalized spacial score (nSPS) is 9.89. The number of terminal acetylenes is 1. The van der Waals surface area contributed by atoms with Crippen LogP contribution in [0.4, 0.5) is 0 Å². The van der Waals surface area contributed by atoms with Gasteiger partial charge < -0.3 is 10.4 Å². The van der Waals surface area contributed by atoms with Crippen LogP contribution in [0.1, 0.15) is 26.3 Å². The summed E-state index contributed by atoms with van der Waals surface area (Å²) in [6.45, 7) is 5.42. The molecule has 0 heterocycles. The number of nitrogens with one attached hydrogen (secondary N) is 1. The van der Waals surface area contributed by atoms with E-state index in [1.165, 1.54) is 6.92 Å². The Balaban J connectivity index is 0. The Hall–Kier alpha value is -1.79. The quantitative estimate of drug-likeness (QED) is 0.802. The molecule has 0 saturated heterocycles. The summed E-state index contributed by atoms with van der Waals surface area (Å²) in [4.78, 5) is 10.8. The summed E-state index contributed by atoms with van der Waals surface area (Å²) < 4.78 is 0. The van der Waals surface area contributed by atoms with Crippen molar-refractivity contribution >= 4 is 5.91 Å². The van der Waals surface area contributed by atoms with Crippen molar-refractivity contribution in [1.29, 1.82) is 0 Å². The molecule has 1 aromatic carbocycles. The zero-order valence-corrected chi connectivity index (χ0v) is 11.4. The monoisotopic (exact) mass is 249 g/mol. The van der Waals surface area contributed by atoms with Gasteiger partial charge in [0.2, 0.25) is 5.91 Å². The first-order chi connectivity index (χ1) is 8.72. The molecule has 100 valence electrons. The molecule has 3 heteroatoms. The summed E-state index contributed by atoms with van der Waals surface area (Å²) in [6.07, 6.45) is 8.66. The number of hydrogen-bond donors (Lipinski definition) is 2. The second kappa shape index (κ2) is 13.3. The maximum atomic E-state index is 10.8. The van der Waals surface area contributed by atoms with E-state index < -0.39 is 0 Å². The molecule has 3 nitrogen and oxygen atoms in total. The van der Waals surface area contributed by atoms with Gasteiger partial charge in [-0.1, -0.05) is 44.2 Å². The Bertz CT molecular complexity index is 320. The lowest BCUT2D eigenvalue weighted by Crippen LogP contribution is -2.37. The first kappa shape index (κ1) is 18.6. The number of aliphatic hydroxyl groups is 1. The first-order valence-electron chi connectivity index (χ1n) is 5.97. The third-order valence-corrected chi connectivity index (χ3v) is 1.95. The second-order valence-electron chi connectivity index (χ2n) is 3.27. The van der Waals surface area contributed by atoms with Crippen LogP contribution in [0, 0.1) is 12.8 Å². The molecule has 0 aliphatic rings. The highest BCUT2D eigenvalue weighted by molar-refractivity contribution is 5.73. The molecular weight excluding hydrogens is 226 g/mol. The van der Waals surface area contributed by atoms with Crippen LogP contribution in [0.15, 0.2) is 30.3 Å². The molecule has 2 N–H and O–H groups in total. The molecule has 0 aliphatic carbocycles. The highest BCUT2D eigenvalue weighted by Gasteiger charge is 2.08. The topological polar surface area (TPSA) is 49.3 Å². The maximum Gasteiger partial charge on any atom is 0.217 e. The highest BCUT2D eigenvalue weighted by atomic mass is 16.3. The Labute approximate surface area is 110 Å². The average molecular weight is 249 g/mol. The van der Waals surface area contributed by atoms with E-state index in [-0.39, 0.29) is 18.6 Å². The molecule has 1 amide bonds. The van der Waals surface area contributed by atoms with Crippen LogP contribution < -0.4 is 5.32 Å². The molecule has 0 bridgehead atoms. The summed E-state index contributed by atoms with van der Waals surface area (Å²) >= 11 is 0. The smallest absolute Gasteiger partial charge is 0.217 e. The minimum atomic E-state index is -0.185. The molecule has 1 aromatic rings. The summed E-state index contributed by atoms with van der Waals surface area (Å²) in [5.41, 5.74) is 1.11. The van der Waals surface area contributed by atoms with E-state index in [1.807, 2.05) is 44.2 Å². The minimum absolute atomic E-state index is 0.0333. The molecule has 0 aromatic heterocycles. The predicted octanol–water partition coefficient (Wildman–Crippen LogP) is 2.00. The fourth-order valence-corrected chi connectivity index (χ4v) is 1.35. The summed E-state index contributed by atoms with van der Waals surface area (Å²) in [5, 5.41) is 11.7. The SMILES string of the molecule is C#C.CC.CC(=O)N[C@@H](CO)Cc1ccccc1. The Morgan fingerprint density at radius 3 is 2.17 bits per heavy atom. The third-order valence-electron chi connectivity index (χ3n) is 1.95. The van der Waals surface area contributed by atoms with E-state index in [4.69, 9.17) is 5.11 Å². The standard InChI is InChI=1S/C11H15NO2.C2H6.C2H2/c1-9(14)12-11(8-13)7-10-5-3-2-4-6-10;2*1-2/h2-6,11,13H,7-8H2,1H3,(H,12,14);1-2H3;1-2H/t11-;;/m1../s1. The number of carbonyl (C=O) groups is 1. The van der Waals surface area contributed by atoms with Crippen molar-refractivity contribution in [2.24, 2.45) is 0 Å². The maximum absolute atomic E-state index is 10.8. The van der Waals surface area contributed by atoms with Crippen LogP contribution in [-0.2, 0) is 11.2 Å². The van der Waals surface area contributed by atoms with E-state index >= 15 is 0 Å². The van der Waals surface area contributed by atoms with Crippen LogP contribution in [0.3, 0.4) is 0 Å². The Morgan fingerprint density at radius 1 is 1.28 bits per heavy atom. The molecule has 0 saturated carbocycles. The largest absolute Gasteiger partial charge is 0.394 e. The Morgan fingerprint density at radius 2 is 1.78 bits per heavy atom. The van der Waals surface area contributed by atoms with Crippen molar-refractivity contribution in [3.05, 3.63) is 35.9 Å². The van der Waals surface area contributed by atoms with Gasteiger partial charge in [-0.2, -0.15) is 0 Å². The van der Waals surface area contributed by atoms with Gasteiger partial charge in [-0.05, 0) is 12.0 Å². The van der Waals surface area contributed by atoms with Gasteiger partial charge in [-0.15, -0.1) is 12.8 Å². The van der Waals surface area contributed by atoms with Crippen LogP contribution >= 0.6 is 0 Å². The van der Waals surface area contributed by atoms with Crippen LogP contribution in [0.25, 0.3) is 0 Å². The average Bonchev–Trinajstić information content (AvgIpc) is 2.43. The zero-order valence-electron chi connectivity index (χ0n) is 11.4. The van der Waals surface area contributed by atoms with Crippen LogP contribution in [0.5, 0.6) is 0 Å². The highest BCUT2D eigenvalue weighted by Crippen LogP contribution is 2.02. The lowest BCUT2D eigenvalue weighted by Gasteiger charge is -2.14. The number of carbonyl (C=O) groups excluding carboxylic acids is 1. The molecular formula is C15H23NO2. The summed E-state index contributed by atoms with van der Waals surface area (Å²) in [5.74, 6) is -0.111. The molecule has 0 aliphatic heterocycles. The number of aliphatic hydroxyl groups excluding tert-OH is 1. The zero-order chi connectivity index (χ0) is 14.4. The van der Waals surface area contributed by atoms with Crippen molar-refractivity contribution in [2.45, 2.75) is 33.2 Å². The van der Waals surface area contributed by atoms with Crippen molar-refractivity contribution in [3.8, 4) is 12.8 Å². The summed E-state index contributed by atoms with van der Waals surface area (Å²) in [7, 11) is 0. The predicted molar refractivity (Wildman–Crippen MR) is 76.1 cm³/mol. The van der Waals surface area contributed by atoms with Gasteiger partial charge in [0, 0.05) is 6.92 Å². The van der Waals surface area contributed by atoms with E-state index in [0.717, 1.165) is 5.56 Å². The van der Waals surface area contributed by atoms with Gasteiger partial charge in [-0.25, -0.2) is 0 Å². The van der Waals surface area contributed by atoms with Gasteiger partial charge in [0.1, 0.15) is 0 Å². The number of hydrogen-bond acceptors (Lipinski definition) is 2. The number of amides is 1. The van der Waals surface area contributed by atoms with E-state index in [1.54, 1.807) is 0 Å². The van der Waals surface area contributed by atoms with Gasteiger partial charge in [0.25, 0.3) is 0 Å². The molecule has 1 rings (SSSR count). The van der Waals surface area contributed by atoms with Crippen molar-refractivity contribution < 1.29 is 9.90 Å². The molecule has 0 radical (unpaired) electrons. The van der Waals surface area contributed by atoms with Crippen molar-refractivity contribution in [1.82, 2.24) is 5.32 Å². The molecule has 0 unspecified atom stereocenters. The van der Waals surface area contributed by atoms with Crippen molar-refractivity contribution in [3.63, 3.8) is 0 Å². The molecule has 0 fully saturated rings. The van der Waals surface area contributed by atoms with Gasteiger partial charge in [0.15, 0.2) is 0 Å². The van der Waals surface area contributed by atoms with Crippen LogP contribution in [0.2, 0.25) is 0 Å². The Kier molecular flexibility index (Phi) is 13.7. The van der Waals surface area contributed by atoms with Gasteiger partial charge in [0.05, 0.1) is 12.6 Å². The van der Waals surface area contributed by atoms with Crippen LogP contribution in [-0.4, -0.2) is 23.7 Å². The fraction of sp³-hybridized carbons (Fsp3) is 0.400. The fourth-order valence-electron chi connectivity index (χ4n) is 1.35. The van der Waals surface area contributed by atoms with E-state index in [0.29, 0.717) is 6.42 Å². The van der Waals surface area contributed by atoms with E-state index in [2.05, 4.69) is 18.2 Å². The van der Waals surface area contributed by atoms with Gasteiger partial charge >= 0.3 is 0 Å². The molecule has 0 spiro atoms. The van der Waals surface area contributed by atoms with Gasteiger partial charge in [-0.3, -0.25) is 4.79 Å². The second-order valence-corrected chi connectivity index (χ2v) is 3.27. The minimum Gasteiger partial charge on any atom is -0.394 e. The summed E-state index contributed by atoms with van der Waals surface area (Å²) in [6, 6.07) is 9.59. The molecule has 18 heavy (non-hydrogen) atoms. The van der Waals surface area contributed by atoms with E-state index in [9.17, 15) is 4.79 Å². The first-order valence-corrected chi connectivity index (χ1v) is 5.97. The lowest BCUT2D eigenvalue weighted by atomic mass is 10.1. The molecule has 1 atom stereocenters. The number of benzene rings is 1.